The highest BCUT2D eigenvalue weighted by Gasteiger charge is 2.23. The van der Waals surface area contributed by atoms with Gasteiger partial charge < -0.3 is 20.4 Å². The fourth-order valence-electron chi connectivity index (χ4n) is 2.75. The van der Waals surface area contributed by atoms with Gasteiger partial charge in [-0.3, -0.25) is 0 Å². The lowest BCUT2D eigenvalue weighted by molar-refractivity contribution is -0.136. The summed E-state index contributed by atoms with van der Waals surface area (Å²) < 4.78 is 0. The summed E-state index contributed by atoms with van der Waals surface area (Å²) in [5, 5.41) is 34.5. The van der Waals surface area contributed by atoms with Gasteiger partial charge in [0, 0.05) is 22.3 Å². The minimum Gasteiger partial charge on any atom is -0.478 e. The molecule has 0 amide bonds. The molecule has 0 spiro atoms. The monoisotopic (exact) mass is 340 g/mol. The van der Waals surface area contributed by atoms with Gasteiger partial charge in [0.1, 0.15) is 0 Å². The Labute approximate surface area is 138 Å². The molecule has 0 aromatic rings. The molecule has 0 bridgehead atoms. The maximum absolute atomic E-state index is 10.5. The zero-order valence-electron chi connectivity index (χ0n) is 13.1. The number of carboxylic acid groups (broad SMARTS) is 4. The van der Waals surface area contributed by atoms with Crippen molar-refractivity contribution in [3.8, 4) is 0 Å². The Balaban J connectivity index is 0.000000240. The van der Waals surface area contributed by atoms with Crippen LogP contribution in [0.1, 0.15) is 51.4 Å². The lowest BCUT2D eigenvalue weighted by Crippen LogP contribution is -2.14. The summed E-state index contributed by atoms with van der Waals surface area (Å²) in [5.41, 5.74) is 0.310. The minimum atomic E-state index is -1.09. The average Bonchev–Trinajstić information content (AvgIpc) is 2.55. The predicted molar refractivity (Wildman–Crippen MR) is 81.5 cm³/mol. The third-order valence-electron chi connectivity index (χ3n) is 3.97. The Kier molecular flexibility index (Phi) is 7.16. The first-order valence-electron chi connectivity index (χ1n) is 7.63. The van der Waals surface area contributed by atoms with Gasteiger partial charge in [0.05, 0.1) is 0 Å². The minimum absolute atomic E-state index is 0.0775. The number of rotatable bonds is 4. The van der Waals surface area contributed by atoms with E-state index < -0.39 is 23.9 Å². The normalized spacial score (nSPS) is 17.7. The molecule has 2 aliphatic carbocycles. The Morgan fingerprint density at radius 2 is 0.625 bits per heavy atom. The van der Waals surface area contributed by atoms with Crippen LogP contribution < -0.4 is 0 Å². The summed E-state index contributed by atoms with van der Waals surface area (Å²) in [6, 6.07) is 0. The van der Waals surface area contributed by atoms with Crippen LogP contribution in [0.5, 0.6) is 0 Å². The van der Waals surface area contributed by atoms with Crippen molar-refractivity contribution in [2.75, 3.05) is 0 Å². The third kappa shape index (κ3) is 5.22. The summed E-state index contributed by atoms with van der Waals surface area (Å²) in [6.45, 7) is 0. The highest BCUT2D eigenvalue weighted by molar-refractivity contribution is 5.99. The average molecular weight is 340 g/mol. The van der Waals surface area contributed by atoms with Crippen LogP contribution >= 0.6 is 0 Å². The molecule has 2 aliphatic rings. The number of carbonyl (C=O) groups is 4. The number of carboxylic acids is 4. The molecule has 0 aliphatic heterocycles. The van der Waals surface area contributed by atoms with Crippen LogP contribution in [0.3, 0.4) is 0 Å². The first kappa shape index (κ1) is 19.4. The second kappa shape index (κ2) is 8.85. The van der Waals surface area contributed by atoms with Crippen LogP contribution in [-0.4, -0.2) is 44.3 Å². The molecule has 2 rings (SSSR count). The van der Waals surface area contributed by atoms with E-state index in [0.717, 1.165) is 25.7 Å². The summed E-state index contributed by atoms with van der Waals surface area (Å²) in [6.07, 6.45) is 4.65. The molecule has 132 valence electrons. The summed E-state index contributed by atoms with van der Waals surface area (Å²) in [4.78, 5) is 42.2. The van der Waals surface area contributed by atoms with E-state index in [-0.39, 0.29) is 22.3 Å². The molecule has 0 heterocycles. The molecule has 8 nitrogen and oxygen atoms in total. The second-order valence-electron chi connectivity index (χ2n) is 5.55. The number of hydrogen-bond donors (Lipinski definition) is 4. The van der Waals surface area contributed by atoms with Gasteiger partial charge >= 0.3 is 23.9 Å². The zero-order chi connectivity index (χ0) is 18.3. The van der Waals surface area contributed by atoms with E-state index in [1.807, 2.05) is 0 Å². The van der Waals surface area contributed by atoms with E-state index in [4.69, 9.17) is 20.4 Å². The molecule has 0 saturated carbocycles. The lowest BCUT2D eigenvalue weighted by Gasteiger charge is -2.13. The van der Waals surface area contributed by atoms with Crippen molar-refractivity contribution >= 4 is 23.9 Å². The maximum Gasteiger partial charge on any atom is 0.332 e. The van der Waals surface area contributed by atoms with Gasteiger partial charge in [-0.2, -0.15) is 0 Å². The molecule has 4 N–H and O–H groups in total. The van der Waals surface area contributed by atoms with Gasteiger partial charge in [0.2, 0.25) is 0 Å². The van der Waals surface area contributed by atoms with Crippen LogP contribution in [0.25, 0.3) is 0 Å². The maximum atomic E-state index is 10.5. The van der Waals surface area contributed by atoms with Gasteiger partial charge in [-0.1, -0.05) is 0 Å². The van der Waals surface area contributed by atoms with Crippen LogP contribution in [0, 0.1) is 0 Å². The van der Waals surface area contributed by atoms with Crippen molar-refractivity contribution < 1.29 is 39.6 Å². The Morgan fingerprint density at radius 1 is 0.458 bits per heavy atom. The highest BCUT2D eigenvalue weighted by Crippen LogP contribution is 2.25. The molecule has 0 unspecified atom stereocenters. The fourth-order valence-corrected chi connectivity index (χ4v) is 2.75. The topological polar surface area (TPSA) is 149 Å². The van der Waals surface area contributed by atoms with Crippen molar-refractivity contribution in [1.82, 2.24) is 0 Å². The molecular weight excluding hydrogens is 320 g/mol. The van der Waals surface area contributed by atoms with Crippen LogP contribution in [0.15, 0.2) is 22.3 Å². The molecule has 0 fully saturated rings. The summed E-state index contributed by atoms with van der Waals surface area (Å²) in [7, 11) is 0. The van der Waals surface area contributed by atoms with E-state index >= 15 is 0 Å². The van der Waals surface area contributed by atoms with Crippen LogP contribution in [0.2, 0.25) is 0 Å². The standard InChI is InChI=1S/2C8H10O4/c2*9-7(10)5-3-1-2-4-6(5)8(11)12/h2*1-4H2,(H,9,10)(H,11,12). The smallest absolute Gasteiger partial charge is 0.332 e. The van der Waals surface area contributed by atoms with Gasteiger partial charge in [-0.15, -0.1) is 0 Å². The van der Waals surface area contributed by atoms with Crippen LogP contribution in [0.4, 0.5) is 0 Å². The fraction of sp³-hybridized carbons (Fsp3) is 0.500. The lowest BCUT2D eigenvalue weighted by atomic mass is 9.92. The van der Waals surface area contributed by atoms with Crippen molar-refractivity contribution in [1.29, 1.82) is 0 Å². The first-order chi connectivity index (χ1) is 11.3. The second-order valence-corrected chi connectivity index (χ2v) is 5.55. The zero-order valence-corrected chi connectivity index (χ0v) is 13.1. The van der Waals surface area contributed by atoms with Crippen molar-refractivity contribution in [3.63, 3.8) is 0 Å². The molecule has 8 heteroatoms. The number of aliphatic carboxylic acids is 4. The molecule has 0 atom stereocenters. The third-order valence-corrected chi connectivity index (χ3v) is 3.97. The van der Waals surface area contributed by atoms with Gasteiger partial charge in [-0.05, 0) is 51.4 Å². The molecule has 0 aromatic carbocycles. The highest BCUT2D eigenvalue weighted by atomic mass is 16.4. The largest absolute Gasteiger partial charge is 0.478 e. The number of hydrogen-bond acceptors (Lipinski definition) is 4. The Bertz CT molecular complexity index is 506. The van der Waals surface area contributed by atoms with Crippen molar-refractivity contribution in [3.05, 3.63) is 22.3 Å². The molecule has 0 aromatic heterocycles. The van der Waals surface area contributed by atoms with Gasteiger partial charge in [0.25, 0.3) is 0 Å². The predicted octanol–water partition coefficient (Wildman–Crippen LogP) is 2.05. The van der Waals surface area contributed by atoms with Gasteiger partial charge in [0.15, 0.2) is 0 Å². The Hall–Kier alpha value is -2.64. The Morgan fingerprint density at radius 3 is 0.750 bits per heavy atom. The van der Waals surface area contributed by atoms with E-state index in [1.54, 1.807) is 0 Å². The van der Waals surface area contributed by atoms with Crippen molar-refractivity contribution in [2.45, 2.75) is 51.4 Å². The summed E-state index contributed by atoms with van der Waals surface area (Å²) in [5.74, 6) is -4.36. The molecular formula is C16H20O8. The first-order valence-corrected chi connectivity index (χ1v) is 7.63. The molecule has 24 heavy (non-hydrogen) atoms. The summed E-state index contributed by atoms with van der Waals surface area (Å²) >= 11 is 0. The SMILES string of the molecule is O=C(O)C1=C(C(=O)O)CCCC1.O=C(O)C1=C(C(=O)O)CCCC1. The molecule has 0 saturated heterocycles. The van der Waals surface area contributed by atoms with Crippen LogP contribution in [-0.2, 0) is 19.2 Å². The quantitative estimate of drug-likeness (QED) is 0.607. The van der Waals surface area contributed by atoms with E-state index in [2.05, 4.69) is 0 Å². The van der Waals surface area contributed by atoms with E-state index in [9.17, 15) is 19.2 Å². The van der Waals surface area contributed by atoms with Gasteiger partial charge in [-0.25, -0.2) is 19.2 Å². The molecule has 0 radical (unpaired) electrons. The van der Waals surface area contributed by atoms with E-state index in [1.165, 1.54) is 0 Å². The van der Waals surface area contributed by atoms with Crippen molar-refractivity contribution in [2.24, 2.45) is 0 Å². The van der Waals surface area contributed by atoms with E-state index in [0.29, 0.717) is 25.7 Å².